The molecular weight excluding hydrogens is 330 g/mol. The van der Waals surface area contributed by atoms with Crippen LogP contribution in [0.5, 0.6) is 17.2 Å². The lowest BCUT2D eigenvalue weighted by Crippen LogP contribution is -2.14. The molecule has 0 saturated heterocycles. The van der Waals surface area contributed by atoms with Crippen LogP contribution in [-0.4, -0.2) is 16.0 Å². The lowest BCUT2D eigenvalue weighted by molar-refractivity contribution is 0.101. The fraction of sp³-hybridized carbons (Fsp3) is 0.0500. The minimum atomic E-state index is -0.499. The Morgan fingerprint density at radius 3 is 2.65 bits per heavy atom. The highest BCUT2D eigenvalue weighted by atomic mass is 16.5. The van der Waals surface area contributed by atoms with Gasteiger partial charge < -0.3 is 15.2 Å². The number of nitrogens with one attached hydrogen (secondary N) is 1. The summed E-state index contributed by atoms with van der Waals surface area (Å²) >= 11 is 0. The summed E-state index contributed by atoms with van der Waals surface area (Å²) in [6.07, 6.45) is 1.47. The molecule has 2 N–H and O–H groups in total. The zero-order valence-electron chi connectivity index (χ0n) is 13.9. The molecule has 26 heavy (non-hydrogen) atoms. The summed E-state index contributed by atoms with van der Waals surface area (Å²) in [5.74, 6) is 0.480. The minimum Gasteiger partial charge on any atom is -0.505 e. The van der Waals surface area contributed by atoms with Crippen molar-refractivity contribution in [1.82, 2.24) is 4.98 Å². The number of rotatable bonds is 4. The van der Waals surface area contributed by atoms with Gasteiger partial charge in [0.15, 0.2) is 5.69 Å². The second kappa shape index (κ2) is 7.36. The molecule has 0 unspecified atom stereocenters. The van der Waals surface area contributed by atoms with Crippen LogP contribution in [0.25, 0.3) is 0 Å². The molecule has 3 rings (SSSR count). The van der Waals surface area contributed by atoms with Gasteiger partial charge >= 0.3 is 0 Å². The van der Waals surface area contributed by atoms with E-state index in [0.717, 1.165) is 0 Å². The van der Waals surface area contributed by atoms with Gasteiger partial charge in [-0.3, -0.25) is 4.79 Å². The van der Waals surface area contributed by atoms with Crippen LogP contribution in [0, 0.1) is 18.3 Å². The second-order valence-electron chi connectivity index (χ2n) is 5.55. The number of ether oxygens (including phenoxy) is 1. The molecule has 0 bridgehead atoms. The maximum atomic E-state index is 12.2. The molecule has 3 aromatic rings. The van der Waals surface area contributed by atoms with Crippen LogP contribution in [0.15, 0.2) is 60.8 Å². The summed E-state index contributed by atoms with van der Waals surface area (Å²) in [6.45, 7) is 1.70. The molecule has 0 radical (unpaired) electrons. The number of aromatic hydroxyl groups is 1. The predicted octanol–water partition coefficient (Wildman–Crippen LogP) is 4.01. The molecule has 1 amide bonds. The van der Waals surface area contributed by atoms with Crippen molar-refractivity contribution in [3.63, 3.8) is 0 Å². The molecule has 1 heterocycles. The van der Waals surface area contributed by atoms with Gasteiger partial charge in [0.05, 0.1) is 11.6 Å². The molecule has 6 heteroatoms. The van der Waals surface area contributed by atoms with E-state index in [4.69, 9.17) is 10.00 Å². The Morgan fingerprint density at radius 2 is 1.92 bits per heavy atom. The van der Waals surface area contributed by atoms with Crippen molar-refractivity contribution in [1.29, 1.82) is 5.26 Å². The highest BCUT2D eigenvalue weighted by Gasteiger charge is 2.14. The highest BCUT2D eigenvalue weighted by Crippen LogP contribution is 2.25. The quantitative estimate of drug-likeness (QED) is 0.745. The van der Waals surface area contributed by atoms with E-state index in [9.17, 15) is 9.90 Å². The van der Waals surface area contributed by atoms with Gasteiger partial charge in [0.2, 0.25) is 0 Å². The van der Waals surface area contributed by atoms with E-state index < -0.39 is 5.91 Å². The van der Waals surface area contributed by atoms with Crippen molar-refractivity contribution in [3.05, 3.63) is 77.6 Å². The fourth-order valence-electron chi connectivity index (χ4n) is 2.28. The Bertz CT molecular complexity index is 992. The average molecular weight is 345 g/mol. The molecule has 0 aliphatic heterocycles. The summed E-state index contributed by atoms with van der Waals surface area (Å²) in [5.41, 5.74) is 1.60. The number of benzene rings is 2. The Kier molecular flexibility index (Phi) is 4.81. The number of aryl methyl sites for hydroxylation is 1. The number of anilines is 1. The lowest BCUT2D eigenvalue weighted by Gasteiger charge is -2.09. The number of nitriles is 1. The summed E-state index contributed by atoms with van der Waals surface area (Å²) < 4.78 is 5.68. The molecular formula is C20H15N3O3. The molecule has 1 aromatic heterocycles. The molecule has 0 spiro atoms. The Balaban J connectivity index is 1.70. The van der Waals surface area contributed by atoms with Gasteiger partial charge in [0.1, 0.15) is 17.2 Å². The van der Waals surface area contributed by atoms with Gasteiger partial charge in [-0.05, 0) is 61.0 Å². The van der Waals surface area contributed by atoms with Crippen molar-refractivity contribution < 1.29 is 14.6 Å². The first kappa shape index (κ1) is 17.0. The predicted molar refractivity (Wildman–Crippen MR) is 96.3 cm³/mol. The molecule has 0 atom stereocenters. The van der Waals surface area contributed by atoms with Crippen molar-refractivity contribution in [3.8, 4) is 23.3 Å². The van der Waals surface area contributed by atoms with Crippen molar-refractivity contribution >= 4 is 11.6 Å². The third-order valence-corrected chi connectivity index (χ3v) is 3.65. The Hall–Kier alpha value is -3.85. The zero-order valence-corrected chi connectivity index (χ0v) is 13.9. The smallest absolute Gasteiger partial charge is 0.278 e. The summed E-state index contributed by atoms with van der Waals surface area (Å²) in [4.78, 5) is 16.1. The van der Waals surface area contributed by atoms with Crippen LogP contribution < -0.4 is 10.1 Å². The van der Waals surface area contributed by atoms with E-state index in [1.54, 1.807) is 61.5 Å². The molecule has 0 aliphatic rings. The summed E-state index contributed by atoms with van der Waals surface area (Å²) in [6, 6.07) is 17.2. The summed E-state index contributed by atoms with van der Waals surface area (Å²) in [7, 11) is 0. The van der Waals surface area contributed by atoms with E-state index in [0.29, 0.717) is 28.3 Å². The van der Waals surface area contributed by atoms with Crippen LogP contribution in [-0.2, 0) is 0 Å². The van der Waals surface area contributed by atoms with Gasteiger partial charge in [0.25, 0.3) is 5.91 Å². The van der Waals surface area contributed by atoms with Gasteiger partial charge in [0, 0.05) is 11.9 Å². The molecule has 128 valence electrons. The van der Waals surface area contributed by atoms with Gasteiger partial charge in [-0.25, -0.2) is 4.98 Å². The van der Waals surface area contributed by atoms with E-state index >= 15 is 0 Å². The maximum absolute atomic E-state index is 12.2. The number of nitrogens with zero attached hydrogens (tertiary/aromatic N) is 2. The van der Waals surface area contributed by atoms with Crippen LogP contribution in [0.4, 0.5) is 5.69 Å². The number of pyridine rings is 1. The van der Waals surface area contributed by atoms with Crippen molar-refractivity contribution in [2.24, 2.45) is 0 Å². The first-order valence-corrected chi connectivity index (χ1v) is 7.81. The third-order valence-electron chi connectivity index (χ3n) is 3.65. The van der Waals surface area contributed by atoms with Crippen LogP contribution in [0.2, 0.25) is 0 Å². The molecule has 0 fully saturated rings. The maximum Gasteiger partial charge on any atom is 0.278 e. The number of hydrogen-bond acceptors (Lipinski definition) is 5. The number of carbonyl (C=O) groups excluding carboxylic acids is 1. The first-order valence-electron chi connectivity index (χ1n) is 7.81. The Morgan fingerprint density at radius 1 is 1.15 bits per heavy atom. The van der Waals surface area contributed by atoms with Crippen LogP contribution >= 0.6 is 0 Å². The van der Waals surface area contributed by atoms with Gasteiger partial charge in [-0.15, -0.1) is 0 Å². The molecule has 2 aromatic carbocycles. The van der Waals surface area contributed by atoms with Crippen molar-refractivity contribution in [2.45, 2.75) is 6.92 Å². The van der Waals surface area contributed by atoms with E-state index in [-0.39, 0.29) is 11.4 Å². The third kappa shape index (κ3) is 3.79. The topological polar surface area (TPSA) is 95.2 Å². The Labute approximate surface area is 150 Å². The van der Waals surface area contributed by atoms with E-state index in [2.05, 4.69) is 16.4 Å². The molecule has 6 nitrogen and oxygen atoms in total. The fourth-order valence-corrected chi connectivity index (χ4v) is 2.28. The first-order chi connectivity index (χ1) is 12.6. The normalized spacial score (nSPS) is 10.0. The van der Waals surface area contributed by atoms with Crippen LogP contribution in [0.1, 0.15) is 21.6 Å². The number of amides is 1. The number of hydrogen-bond donors (Lipinski definition) is 2. The lowest BCUT2D eigenvalue weighted by atomic mass is 10.2. The van der Waals surface area contributed by atoms with E-state index in [1.807, 2.05) is 0 Å². The standard InChI is InChI=1S/C20H15N3O3/c1-13-9-10-22-18(19(13)24)20(25)23-15-5-7-16(8-6-15)26-17-4-2-3-14(11-17)12-21/h2-11,24H,1H3,(H,23,25). The van der Waals surface area contributed by atoms with Gasteiger partial charge in [-0.1, -0.05) is 6.07 Å². The number of carbonyl (C=O) groups is 1. The minimum absolute atomic E-state index is 0.0290. The highest BCUT2D eigenvalue weighted by molar-refractivity contribution is 6.04. The summed E-state index contributed by atoms with van der Waals surface area (Å²) in [5, 5.41) is 21.5. The van der Waals surface area contributed by atoms with Crippen molar-refractivity contribution in [2.75, 3.05) is 5.32 Å². The molecule has 0 aliphatic carbocycles. The van der Waals surface area contributed by atoms with E-state index in [1.165, 1.54) is 6.20 Å². The van der Waals surface area contributed by atoms with Crippen LogP contribution in [0.3, 0.4) is 0 Å². The average Bonchev–Trinajstić information content (AvgIpc) is 2.65. The van der Waals surface area contributed by atoms with Gasteiger partial charge in [-0.2, -0.15) is 5.26 Å². The second-order valence-corrected chi connectivity index (χ2v) is 5.55. The largest absolute Gasteiger partial charge is 0.505 e. The molecule has 0 saturated carbocycles. The number of aromatic nitrogens is 1. The SMILES string of the molecule is Cc1ccnc(C(=O)Nc2ccc(Oc3cccc(C#N)c3)cc2)c1O. The zero-order chi connectivity index (χ0) is 18.5. The monoisotopic (exact) mass is 345 g/mol.